The topological polar surface area (TPSA) is 55.4 Å². The van der Waals surface area contributed by atoms with E-state index in [-0.39, 0.29) is 6.54 Å². The quantitative estimate of drug-likeness (QED) is 0.858. The minimum Gasteiger partial charge on any atom is -0.497 e. The zero-order valence-corrected chi connectivity index (χ0v) is 14.0. The van der Waals surface area contributed by atoms with Crippen LogP contribution in [0.4, 0.5) is 13.2 Å². The lowest BCUT2D eigenvalue weighted by atomic mass is 10.2. The fraction of sp³-hybridized carbons (Fsp3) is 0.200. The van der Waals surface area contributed by atoms with Gasteiger partial charge in [-0.1, -0.05) is 23.7 Å². The minimum absolute atomic E-state index is 0.0731. The molecule has 1 N–H and O–H groups in total. The Hall–Kier alpha value is -1.77. The van der Waals surface area contributed by atoms with E-state index in [9.17, 15) is 21.6 Å². The maximum atomic E-state index is 12.8. The summed E-state index contributed by atoms with van der Waals surface area (Å²) in [6, 6.07) is 9.02. The fourth-order valence-electron chi connectivity index (χ4n) is 1.89. The van der Waals surface area contributed by atoms with Gasteiger partial charge in [0.25, 0.3) is 0 Å². The van der Waals surface area contributed by atoms with E-state index >= 15 is 0 Å². The number of rotatable bonds is 5. The van der Waals surface area contributed by atoms with Gasteiger partial charge in [-0.15, -0.1) is 0 Å². The molecule has 0 fully saturated rings. The third-order valence-corrected chi connectivity index (χ3v) is 4.91. The minimum atomic E-state index is -4.74. The van der Waals surface area contributed by atoms with E-state index in [1.165, 1.54) is 7.11 Å². The molecule has 0 spiro atoms. The number of nitrogens with one attached hydrogen (secondary N) is 1. The smallest absolute Gasteiger partial charge is 0.417 e. The Bertz CT molecular complexity index is 821. The van der Waals surface area contributed by atoms with Crippen LogP contribution in [-0.4, -0.2) is 15.5 Å². The number of ether oxygens (including phenoxy) is 1. The first-order chi connectivity index (χ1) is 11.1. The molecule has 0 heterocycles. The number of benzene rings is 2. The third kappa shape index (κ3) is 4.40. The molecule has 2 rings (SSSR count). The molecule has 0 aliphatic carbocycles. The van der Waals surface area contributed by atoms with Gasteiger partial charge in [0.2, 0.25) is 10.0 Å². The summed E-state index contributed by atoms with van der Waals surface area (Å²) in [5.74, 6) is 0.606. The number of methoxy groups -OCH3 is 1. The molecule has 4 nitrogen and oxygen atoms in total. The van der Waals surface area contributed by atoms with E-state index in [1.54, 1.807) is 24.3 Å². The summed E-state index contributed by atoms with van der Waals surface area (Å²) in [6.07, 6.45) is -4.74. The van der Waals surface area contributed by atoms with Crippen LogP contribution in [0.2, 0.25) is 5.02 Å². The third-order valence-electron chi connectivity index (χ3n) is 3.18. The van der Waals surface area contributed by atoms with Crippen LogP contribution in [0.5, 0.6) is 5.75 Å². The highest BCUT2D eigenvalue weighted by atomic mass is 35.5. The molecule has 130 valence electrons. The molecule has 0 radical (unpaired) electrons. The number of alkyl halides is 3. The zero-order valence-electron chi connectivity index (χ0n) is 12.4. The average Bonchev–Trinajstić information content (AvgIpc) is 2.52. The van der Waals surface area contributed by atoms with Gasteiger partial charge in [0, 0.05) is 6.54 Å². The fourth-order valence-corrected chi connectivity index (χ4v) is 3.16. The van der Waals surface area contributed by atoms with Crippen molar-refractivity contribution < 1.29 is 26.3 Å². The molecule has 24 heavy (non-hydrogen) atoms. The van der Waals surface area contributed by atoms with Gasteiger partial charge in [0.1, 0.15) is 5.75 Å². The van der Waals surface area contributed by atoms with Gasteiger partial charge in [-0.3, -0.25) is 0 Å². The molecule has 2 aromatic rings. The summed E-state index contributed by atoms with van der Waals surface area (Å²) in [6.45, 7) is -0.0731. The SMILES string of the molecule is COc1ccc(CNS(=O)(=O)c2ccc(Cl)c(C(F)(F)F)c2)cc1. The van der Waals surface area contributed by atoms with Crippen molar-refractivity contribution in [3.8, 4) is 5.75 Å². The molecule has 9 heteroatoms. The second-order valence-corrected chi connectivity index (χ2v) is 6.99. The van der Waals surface area contributed by atoms with Gasteiger partial charge in [-0.2, -0.15) is 13.2 Å². The van der Waals surface area contributed by atoms with Crippen LogP contribution in [0, 0.1) is 0 Å². The highest BCUT2D eigenvalue weighted by molar-refractivity contribution is 7.89. The van der Waals surface area contributed by atoms with Crippen molar-refractivity contribution in [3.05, 3.63) is 58.6 Å². The van der Waals surface area contributed by atoms with E-state index in [1.807, 2.05) is 0 Å². The Kier molecular flexibility index (Phi) is 5.42. The molecular formula is C15H13ClF3NO3S. The summed E-state index contributed by atoms with van der Waals surface area (Å²) in [7, 11) is -2.62. The van der Waals surface area contributed by atoms with Crippen molar-refractivity contribution >= 4 is 21.6 Å². The van der Waals surface area contributed by atoms with Crippen molar-refractivity contribution in [2.24, 2.45) is 0 Å². The summed E-state index contributed by atoms with van der Waals surface area (Å²) in [4.78, 5) is -0.507. The van der Waals surface area contributed by atoms with E-state index in [0.29, 0.717) is 17.4 Å². The maximum absolute atomic E-state index is 12.8. The number of hydrogen-bond acceptors (Lipinski definition) is 3. The van der Waals surface area contributed by atoms with Gasteiger partial charge < -0.3 is 4.74 Å². The molecule has 0 saturated heterocycles. The van der Waals surface area contributed by atoms with Crippen molar-refractivity contribution in [2.75, 3.05) is 7.11 Å². The van der Waals surface area contributed by atoms with Crippen molar-refractivity contribution in [1.82, 2.24) is 4.72 Å². The standard InChI is InChI=1S/C15H13ClF3NO3S/c1-23-11-4-2-10(3-5-11)9-20-24(21,22)12-6-7-14(16)13(8-12)15(17,18)19/h2-8,20H,9H2,1H3. The van der Waals surface area contributed by atoms with Crippen molar-refractivity contribution in [2.45, 2.75) is 17.6 Å². The second kappa shape index (κ2) is 7.00. The summed E-state index contributed by atoms with van der Waals surface area (Å²) in [5, 5.41) is -0.559. The van der Waals surface area contributed by atoms with Crippen LogP contribution < -0.4 is 9.46 Å². The largest absolute Gasteiger partial charge is 0.497 e. The Labute approximate surface area is 142 Å². The summed E-state index contributed by atoms with van der Waals surface area (Å²) >= 11 is 5.49. The Morgan fingerprint density at radius 1 is 1.12 bits per heavy atom. The molecule has 0 aromatic heterocycles. The number of halogens is 4. The van der Waals surface area contributed by atoms with Crippen LogP contribution in [-0.2, 0) is 22.7 Å². The zero-order chi connectivity index (χ0) is 18.0. The van der Waals surface area contributed by atoms with Crippen LogP contribution in [0.25, 0.3) is 0 Å². The monoisotopic (exact) mass is 379 g/mol. The number of sulfonamides is 1. The molecule has 0 bridgehead atoms. The van der Waals surface area contributed by atoms with Crippen molar-refractivity contribution in [1.29, 1.82) is 0 Å². The van der Waals surface area contributed by atoms with Gasteiger partial charge in [-0.25, -0.2) is 13.1 Å². The summed E-state index contributed by atoms with van der Waals surface area (Å²) < 4.78 is 70.1. The summed E-state index contributed by atoms with van der Waals surface area (Å²) in [5.41, 5.74) is -0.569. The molecule has 0 aliphatic rings. The Balaban J connectivity index is 2.21. The highest BCUT2D eigenvalue weighted by Crippen LogP contribution is 2.35. The first-order valence-corrected chi connectivity index (χ1v) is 8.49. The highest BCUT2D eigenvalue weighted by Gasteiger charge is 2.34. The van der Waals surface area contributed by atoms with E-state index in [0.717, 1.165) is 12.1 Å². The molecule has 0 unspecified atom stereocenters. The van der Waals surface area contributed by atoms with Crippen LogP contribution >= 0.6 is 11.6 Å². The second-order valence-electron chi connectivity index (χ2n) is 4.81. The molecule has 0 atom stereocenters. The normalized spacial score (nSPS) is 12.2. The molecule has 2 aromatic carbocycles. The van der Waals surface area contributed by atoms with Gasteiger partial charge in [0.05, 0.1) is 22.6 Å². The Morgan fingerprint density at radius 2 is 1.75 bits per heavy atom. The van der Waals surface area contributed by atoms with E-state index in [2.05, 4.69) is 4.72 Å². The first-order valence-electron chi connectivity index (χ1n) is 6.63. The van der Waals surface area contributed by atoms with Crippen LogP contribution in [0.15, 0.2) is 47.4 Å². The van der Waals surface area contributed by atoms with Gasteiger partial charge >= 0.3 is 6.18 Å². The maximum Gasteiger partial charge on any atom is 0.417 e. The lowest BCUT2D eigenvalue weighted by molar-refractivity contribution is -0.137. The number of hydrogen-bond donors (Lipinski definition) is 1. The molecular weight excluding hydrogens is 367 g/mol. The van der Waals surface area contributed by atoms with E-state index in [4.69, 9.17) is 16.3 Å². The first kappa shape index (κ1) is 18.6. The van der Waals surface area contributed by atoms with Gasteiger partial charge in [0.15, 0.2) is 0 Å². The van der Waals surface area contributed by atoms with Gasteiger partial charge in [-0.05, 0) is 35.9 Å². The lowest BCUT2D eigenvalue weighted by Gasteiger charge is -2.12. The lowest BCUT2D eigenvalue weighted by Crippen LogP contribution is -2.23. The van der Waals surface area contributed by atoms with E-state index < -0.39 is 31.7 Å². The predicted molar refractivity (Wildman–Crippen MR) is 83.5 cm³/mol. The predicted octanol–water partition coefficient (Wildman–Crippen LogP) is 3.85. The van der Waals surface area contributed by atoms with Crippen molar-refractivity contribution in [3.63, 3.8) is 0 Å². The van der Waals surface area contributed by atoms with Crippen LogP contribution in [0.3, 0.4) is 0 Å². The average molecular weight is 380 g/mol. The molecule has 0 aliphatic heterocycles. The Morgan fingerprint density at radius 3 is 2.29 bits per heavy atom. The van der Waals surface area contributed by atoms with Crippen LogP contribution in [0.1, 0.15) is 11.1 Å². The molecule has 0 saturated carbocycles. The molecule has 0 amide bonds.